The number of allylic oxidation sites excluding steroid dienone is 1. The second-order valence-corrected chi connectivity index (χ2v) is 4.50. The fraction of sp³-hybridized carbons (Fsp3) is 0.400. The molecule has 1 aromatic carbocycles. The largest absolute Gasteiger partial charge is 0.390 e. The average Bonchev–Trinajstić information content (AvgIpc) is 2.38. The van der Waals surface area contributed by atoms with Crippen LogP contribution in [0.2, 0.25) is 0 Å². The highest BCUT2D eigenvalue weighted by Gasteiger charge is 2.22. The number of hydrogen-bond donors (Lipinski definition) is 1. The summed E-state index contributed by atoms with van der Waals surface area (Å²) in [4.78, 5) is 11.6. The van der Waals surface area contributed by atoms with Crippen molar-refractivity contribution in [2.24, 2.45) is 5.92 Å². The molecule has 2 atom stereocenters. The van der Waals surface area contributed by atoms with Crippen LogP contribution in [0.15, 0.2) is 42.5 Å². The zero-order valence-electron chi connectivity index (χ0n) is 10.9. The molecule has 98 valence electrons. The molecule has 0 spiro atoms. The maximum absolute atomic E-state index is 11.6. The topological polar surface area (TPSA) is 46.5 Å². The molecule has 0 aromatic heterocycles. The first kappa shape index (κ1) is 14.6. The molecule has 0 unspecified atom stereocenters. The lowest BCUT2D eigenvalue weighted by Crippen LogP contribution is -2.30. The van der Waals surface area contributed by atoms with E-state index in [1.165, 1.54) is 0 Å². The van der Waals surface area contributed by atoms with Gasteiger partial charge in [0.25, 0.3) is 0 Å². The van der Waals surface area contributed by atoms with Crippen LogP contribution in [-0.4, -0.2) is 23.6 Å². The number of aliphatic hydroxyl groups excluding tert-OH is 1. The summed E-state index contributed by atoms with van der Waals surface area (Å²) < 4.78 is 5.40. The van der Waals surface area contributed by atoms with Gasteiger partial charge in [-0.15, -0.1) is 0 Å². The summed E-state index contributed by atoms with van der Waals surface area (Å²) in [5.41, 5.74) is 1.51. The molecule has 3 nitrogen and oxygen atoms in total. The zero-order valence-corrected chi connectivity index (χ0v) is 10.9. The third-order valence-electron chi connectivity index (χ3n) is 2.81. The Morgan fingerprint density at radius 2 is 2.00 bits per heavy atom. The Hall–Kier alpha value is -1.45. The molecule has 0 aliphatic heterocycles. The van der Waals surface area contributed by atoms with E-state index in [9.17, 15) is 9.90 Å². The first-order valence-corrected chi connectivity index (χ1v) is 6.02. The first-order chi connectivity index (χ1) is 8.52. The van der Waals surface area contributed by atoms with E-state index >= 15 is 0 Å². The van der Waals surface area contributed by atoms with Gasteiger partial charge >= 0.3 is 0 Å². The maximum atomic E-state index is 11.6. The van der Waals surface area contributed by atoms with Crippen LogP contribution in [0, 0.1) is 5.92 Å². The third kappa shape index (κ3) is 4.43. The maximum Gasteiger partial charge on any atom is 0.163 e. The Morgan fingerprint density at radius 3 is 2.56 bits per heavy atom. The van der Waals surface area contributed by atoms with Gasteiger partial charge in [-0.1, -0.05) is 43.8 Å². The van der Waals surface area contributed by atoms with Crippen molar-refractivity contribution in [3.05, 3.63) is 48.0 Å². The van der Waals surface area contributed by atoms with E-state index < -0.39 is 12.0 Å². The summed E-state index contributed by atoms with van der Waals surface area (Å²) in [7, 11) is 0. The van der Waals surface area contributed by atoms with Gasteiger partial charge in [0.1, 0.15) is 0 Å². The molecule has 0 radical (unpaired) electrons. The highest BCUT2D eigenvalue weighted by atomic mass is 16.5. The normalized spacial score (nSPS) is 13.9. The van der Waals surface area contributed by atoms with Gasteiger partial charge in [-0.2, -0.15) is 0 Å². The molecule has 1 aromatic rings. The SMILES string of the molecule is C=C(C)C(=O)[C@@H](C)[C@H](O)COCc1ccccc1. The average molecular weight is 248 g/mol. The minimum atomic E-state index is -0.794. The number of ether oxygens (including phenoxy) is 1. The molecule has 0 amide bonds. The van der Waals surface area contributed by atoms with Crippen molar-refractivity contribution >= 4 is 5.78 Å². The Balaban J connectivity index is 2.35. The molecule has 0 heterocycles. The molecule has 0 saturated heterocycles. The van der Waals surface area contributed by atoms with Gasteiger partial charge in [-0.3, -0.25) is 4.79 Å². The number of hydrogen-bond acceptors (Lipinski definition) is 3. The van der Waals surface area contributed by atoms with E-state index in [0.717, 1.165) is 5.56 Å². The van der Waals surface area contributed by atoms with Crippen molar-refractivity contribution in [2.45, 2.75) is 26.6 Å². The van der Waals surface area contributed by atoms with Crippen LogP contribution in [0.25, 0.3) is 0 Å². The van der Waals surface area contributed by atoms with Crippen molar-refractivity contribution in [3.8, 4) is 0 Å². The lowest BCUT2D eigenvalue weighted by atomic mass is 9.96. The van der Waals surface area contributed by atoms with Gasteiger partial charge in [-0.05, 0) is 18.1 Å². The monoisotopic (exact) mass is 248 g/mol. The van der Waals surface area contributed by atoms with E-state index in [4.69, 9.17) is 4.74 Å². The van der Waals surface area contributed by atoms with Crippen LogP contribution < -0.4 is 0 Å². The number of carbonyl (C=O) groups is 1. The Bertz CT molecular complexity index is 397. The predicted molar refractivity (Wildman–Crippen MR) is 71.1 cm³/mol. The summed E-state index contributed by atoms with van der Waals surface area (Å²) in [6.45, 7) is 7.51. The Kier molecular flexibility index (Phi) is 5.75. The van der Waals surface area contributed by atoms with Crippen molar-refractivity contribution in [2.75, 3.05) is 6.61 Å². The van der Waals surface area contributed by atoms with E-state index in [0.29, 0.717) is 12.2 Å². The summed E-state index contributed by atoms with van der Waals surface area (Å²) >= 11 is 0. The predicted octanol–water partition coefficient (Wildman–Crippen LogP) is 2.35. The molecular formula is C15H20O3. The van der Waals surface area contributed by atoms with E-state index in [2.05, 4.69) is 6.58 Å². The standard InChI is InChI=1S/C15H20O3/c1-11(2)15(17)12(3)14(16)10-18-9-13-7-5-4-6-8-13/h4-8,12,14,16H,1,9-10H2,2-3H3/t12-,14+/m0/s1. The van der Waals surface area contributed by atoms with Gasteiger partial charge in [0.05, 0.1) is 19.3 Å². The zero-order chi connectivity index (χ0) is 13.5. The van der Waals surface area contributed by atoms with Crippen LogP contribution in [0.1, 0.15) is 19.4 Å². The number of benzene rings is 1. The molecule has 1 rings (SSSR count). The van der Waals surface area contributed by atoms with Crippen LogP contribution in [-0.2, 0) is 16.1 Å². The molecule has 3 heteroatoms. The Labute approximate surface area is 108 Å². The number of carbonyl (C=O) groups excluding carboxylic acids is 1. The molecule has 18 heavy (non-hydrogen) atoms. The van der Waals surface area contributed by atoms with Gasteiger partial charge in [0.15, 0.2) is 5.78 Å². The fourth-order valence-electron chi connectivity index (χ4n) is 1.58. The molecule has 0 aliphatic carbocycles. The molecule has 1 N–H and O–H groups in total. The van der Waals surface area contributed by atoms with Crippen LogP contribution in [0.4, 0.5) is 0 Å². The quantitative estimate of drug-likeness (QED) is 0.753. The minimum Gasteiger partial charge on any atom is -0.390 e. The summed E-state index contributed by atoms with van der Waals surface area (Å²) in [5, 5.41) is 9.83. The first-order valence-electron chi connectivity index (χ1n) is 6.02. The van der Waals surface area contributed by atoms with Crippen molar-refractivity contribution in [1.82, 2.24) is 0 Å². The summed E-state index contributed by atoms with van der Waals surface area (Å²) in [5.74, 6) is -0.593. The molecule has 0 fully saturated rings. The second kappa shape index (κ2) is 7.09. The number of ketones is 1. The van der Waals surface area contributed by atoms with E-state index in [1.807, 2.05) is 30.3 Å². The second-order valence-electron chi connectivity index (χ2n) is 4.50. The van der Waals surface area contributed by atoms with Gasteiger partial charge < -0.3 is 9.84 Å². The Morgan fingerprint density at radius 1 is 1.39 bits per heavy atom. The molecule has 0 bridgehead atoms. The van der Waals surface area contributed by atoms with Gasteiger partial charge in [0.2, 0.25) is 0 Å². The number of Topliss-reactive ketones (excluding diaryl/α,β-unsaturated/α-hetero) is 1. The smallest absolute Gasteiger partial charge is 0.163 e. The van der Waals surface area contributed by atoms with E-state index in [-0.39, 0.29) is 12.4 Å². The van der Waals surface area contributed by atoms with Crippen molar-refractivity contribution in [3.63, 3.8) is 0 Å². The van der Waals surface area contributed by atoms with Crippen molar-refractivity contribution in [1.29, 1.82) is 0 Å². The lowest BCUT2D eigenvalue weighted by molar-refractivity contribution is -0.123. The van der Waals surface area contributed by atoms with E-state index in [1.54, 1.807) is 13.8 Å². The fourth-order valence-corrected chi connectivity index (χ4v) is 1.58. The highest BCUT2D eigenvalue weighted by Crippen LogP contribution is 2.11. The van der Waals surface area contributed by atoms with Crippen LogP contribution in [0.5, 0.6) is 0 Å². The lowest BCUT2D eigenvalue weighted by Gasteiger charge is -2.17. The minimum absolute atomic E-state index is 0.120. The molecule has 0 aliphatic rings. The number of rotatable bonds is 7. The third-order valence-corrected chi connectivity index (χ3v) is 2.81. The highest BCUT2D eigenvalue weighted by molar-refractivity contribution is 5.96. The number of aliphatic hydroxyl groups is 1. The summed E-state index contributed by atoms with van der Waals surface area (Å²) in [6, 6.07) is 9.71. The van der Waals surface area contributed by atoms with Crippen molar-refractivity contribution < 1.29 is 14.6 Å². The molecule has 0 saturated carbocycles. The molecular weight excluding hydrogens is 228 g/mol. The van der Waals surface area contributed by atoms with Gasteiger partial charge in [-0.25, -0.2) is 0 Å². The van der Waals surface area contributed by atoms with Gasteiger partial charge in [0, 0.05) is 5.92 Å². The van der Waals surface area contributed by atoms with Crippen LogP contribution in [0.3, 0.4) is 0 Å². The summed E-state index contributed by atoms with van der Waals surface area (Å²) in [6.07, 6.45) is -0.794. The van der Waals surface area contributed by atoms with Crippen LogP contribution >= 0.6 is 0 Å².